The molecule has 1 heterocycles. The molecule has 1 aliphatic heterocycles. The number of hydrogen-bond donors (Lipinski definition) is 2. The molecular weight excluding hydrogens is 444 g/mol. The number of carbonyl (C=O) groups is 1. The zero-order chi connectivity index (χ0) is 24.1. The maximum absolute atomic E-state index is 13.0. The fourth-order valence-electron chi connectivity index (χ4n) is 4.03. The van der Waals surface area contributed by atoms with Crippen molar-refractivity contribution in [3.8, 4) is 11.5 Å². The van der Waals surface area contributed by atoms with Crippen molar-refractivity contribution >= 4 is 15.9 Å². The molecule has 0 aliphatic carbocycles. The van der Waals surface area contributed by atoms with Crippen LogP contribution in [0.3, 0.4) is 0 Å². The van der Waals surface area contributed by atoms with Gasteiger partial charge in [0.1, 0.15) is 16.4 Å². The first kappa shape index (κ1) is 25.0. The summed E-state index contributed by atoms with van der Waals surface area (Å²) in [6, 6.07) is 12.0. The summed E-state index contributed by atoms with van der Waals surface area (Å²) in [5.41, 5.74) is 1.07. The molecule has 0 spiro atoms. The van der Waals surface area contributed by atoms with E-state index in [2.05, 4.69) is 10.0 Å². The van der Waals surface area contributed by atoms with E-state index in [4.69, 9.17) is 14.2 Å². The molecule has 33 heavy (non-hydrogen) atoms. The van der Waals surface area contributed by atoms with E-state index in [1.165, 1.54) is 19.2 Å². The third-order valence-corrected chi connectivity index (χ3v) is 7.53. The number of amides is 1. The minimum atomic E-state index is -3.84. The number of methoxy groups -OCH3 is 2. The van der Waals surface area contributed by atoms with Gasteiger partial charge in [-0.3, -0.25) is 4.79 Å². The normalized spacial score (nSPS) is 15.8. The van der Waals surface area contributed by atoms with Gasteiger partial charge in [0.15, 0.2) is 0 Å². The van der Waals surface area contributed by atoms with E-state index in [0.717, 1.165) is 24.2 Å². The minimum absolute atomic E-state index is 0.0673. The third kappa shape index (κ3) is 5.85. The highest BCUT2D eigenvalue weighted by molar-refractivity contribution is 7.89. The van der Waals surface area contributed by atoms with E-state index < -0.39 is 10.0 Å². The Kier molecular flexibility index (Phi) is 7.99. The summed E-state index contributed by atoms with van der Waals surface area (Å²) in [6.45, 7) is 5.07. The fourth-order valence-corrected chi connectivity index (χ4v) is 5.47. The molecule has 0 radical (unpaired) electrons. The largest absolute Gasteiger partial charge is 0.497 e. The molecular formula is C24H32N2O6S. The van der Waals surface area contributed by atoms with Crippen LogP contribution in [0, 0.1) is 0 Å². The monoisotopic (exact) mass is 476 g/mol. The summed E-state index contributed by atoms with van der Waals surface area (Å²) in [7, 11) is -0.818. The Morgan fingerprint density at radius 2 is 1.73 bits per heavy atom. The second-order valence-electron chi connectivity index (χ2n) is 8.45. The molecule has 1 fully saturated rings. The zero-order valence-electron chi connectivity index (χ0n) is 19.5. The topological polar surface area (TPSA) is 103 Å². The van der Waals surface area contributed by atoms with Crippen molar-refractivity contribution in [2.75, 3.05) is 34.0 Å². The van der Waals surface area contributed by atoms with Gasteiger partial charge in [0.2, 0.25) is 10.0 Å². The second-order valence-corrected chi connectivity index (χ2v) is 10.1. The Balaban J connectivity index is 1.84. The maximum atomic E-state index is 13.0. The van der Waals surface area contributed by atoms with Crippen molar-refractivity contribution in [2.24, 2.45) is 0 Å². The lowest BCUT2D eigenvalue weighted by molar-refractivity contribution is 0.0487. The molecule has 8 nitrogen and oxygen atoms in total. The van der Waals surface area contributed by atoms with Crippen LogP contribution in [0.5, 0.6) is 11.5 Å². The maximum Gasteiger partial charge on any atom is 0.251 e. The van der Waals surface area contributed by atoms with Gasteiger partial charge in [0.25, 0.3) is 5.91 Å². The molecule has 2 N–H and O–H groups in total. The van der Waals surface area contributed by atoms with E-state index in [-0.39, 0.29) is 33.6 Å². The van der Waals surface area contributed by atoms with Gasteiger partial charge in [0.05, 0.1) is 14.2 Å². The molecule has 0 unspecified atom stereocenters. The van der Waals surface area contributed by atoms with Crippen molar-refractivity contribution < 1.29 is 27.4 Å². The van der Waals surface area contributed by atoms with Gasteiger partial charge >= 0.3 is 0 Å². The van der Waals surface area contributed by atoms with Crippen LogP contribution >= 0.6 is 0 Å². The Bertz CT molecular complexity index is 1060. The number of benzene rings is 2. The first-order valence-electron chi connectivity index (χ1n) is 10.9. The highest BCUT2D eigenvalue weighted by atomic mass is 32.2. The van der Waals surface area contributed by atoms with E-state index in [0.29, 0.717) is 19.8 Å². The summed E-state index contributed by atoms with van der Waals surface area (Å²) in [5.74, 6) is 0.601. The number of sulfonamides is 1. The van der Waals surface area contributed by atoms with Crippen LogP contribution in [0.15, 0.2) is 47.4 Å². The molecule has 1 aliphatic rings. The molecule has 2 aromatic carbocycles. The second kappa shape index (κ2) is 10.5. The van der Waals surface area contributed by atoms with Crippen LogP contribution in [0.1, 0.15) is 42.6 Å². The molecule has 2 aromatic rings. The number of hydrogen-bond acceptors (Lipinski definition) is 6. The summed E-state index contributed by atoms with van der Waals surface area (Å²) in [4.78, 5) is 13.0. The molecule has 1 amide bonds. The Morgan fingerprint density at radius 3 is 2.30 bits per heavy atom. The van der Waals surface area contributed by atoms with E-state index in [9.17, 15) is 13.2 Å². The van der Waals surface area contributed by atoms with Gasteiger partial charge in [-0.2, -0.15) is 0 Å². The average molecular weight is 477 g/mol. The van der Waals surface area contributed by atoms with Gasteiger partial charge in [-0.1, -0.05) is 12.1 Å². The van der Waals surface area contributed by atoms with Crippen LogP contribution in [-0.2, 0) is 20.2 Å². The van der Waals surface area contributed by atoms with Crippen molar-refractivity contribution in [3.63, 3.8) is 0 Å². The van der Waals surface area contributed by atoms with E-state index >= 15 is 0 Å². The van der Waals surface area contributed by atoms with Crippen LogP contribution < -0.4 is 19.5 Å². The number of ether oxygens (including phenoxy) is 3. The summed E-state index contributed by atoms with van der Waals surface area (Å²) in [6.07, 6.45) is 1.53. The number of carbonyl (C=O) groups excluding carboxylic acids is 1. The van der Waals surface area contributed by atoms with Crippen LogP contribution in [0.2, 0.25) is 0 Å². The summed E-state index contributed by atoms with van der Waals surface area (Å²) in [5, 5.41) is 3.01. The molecule has 0 saturated carbocycles. The highest BCUT2D eigenvalue weighted by Gasteiger charge is 2.35. The van der Waals surface area contributed by atoms with Crippen molar-refractivity contribution in [3.05, 3.63) is 53.6 Å². The predicted octanol–water partition coefficient (Wildman–Crippen LogP) is 2.87. The molecule has 0 aromatic heterocycles. The Morgan fingerprint density at radius 1 is 1.06 bits per heavy atom. The Labute approximate surface area is 195 Å². The molecule has 180 valence electrons. The molecule has 3 rings (SSSR count). The van der Waals surface area contributed by atoms with E-state index in [1.807, 2.05) is 24.3 Å². The first-order valence-corrected chi connectivity index (χ1v) is 12.4. The Hall–Kier alpha value is -2.62. The van der Waals surface area contributed by atoms with Crippen molar-refractivity contribution in [2.45, 2.75) is 43.0 Å². The third-order valence-electron chi connectivity index (χ3n) is 5.85. The summed E-state index contributed by atoms with van der Waals surface area (Å²) >= 11 is 0. The lowest BCUT2D eigenvalue weighted by atomic mass is 9.74. The van der Waals surface area contributed by atoms with Crippen molar-refractivity contribution in [1.29, 1.82) is 0 Å². The molecule has 1 saturated heterocycles. The lowest BCUT2D eigenvalue weighted by Crippen LogP contribution is -2.44. The zero-order valence-corrected chi connectivity index (χ0v) is 20.3. The van der Waals surface area contributed by atoms with Gasteiger partial charge in [-0.25, -0.2) is 13.1 Å². The van der Waals surface area contributed by atoms with Crippen molar-refractivity contribution in [1.82, 2.24) is 10.0 Å². The molecule has 0 atom stereocenters. The number of rotatable bonds is 9. The van der Waals surface area contributed by atoms with Crippen LogP contribution in [0.25, 0.3) is 0 Å². The summed E-state index contributed by atoms with van der Waals surface area (Å²) < 4.78 is 44.1. The average Bonchev–Trinajstić information content (AvgIpc) is 2.82. The van der Waals surface area contributed by atoms with E-state index in [1.54, 1.807) is 27.0 Å². The standard InChI is InChI=1S/C24H32N2O6S/c1-17(2)26-33(28,29)22-15-18(5-10-21(22)31-4)23(27)25-16-24(11-13-32-14-12-24)19-6-8-20(30-3)9-7-19/h5-10,15,17,26H,11-14,16H2,1-4H3,(H,25,27). The predicted molar refractivity (Wildman–Crippen MR) is 126 cm³/mol. The van der Waals surface area contributed by atoms with Gasteiger partial charge in [-0.05, 0) is 62.6 Å². The minimum Gasteiger partial charge on any atom is -0.497 e. The lowest BCUT2D eigenvalue weighted by Gasteiger charge is -2.38. The fraction of sp³-hybridized carbons (Fsp3) is 0.458. The van der Waals surface area contributed by atoms with Gasteiger partial charge in [0, 0.05) is 36.8 Å². The number of nitrogens with one attached hydrogen (secondary N) is 2. The quantitative estimate of drug-likeness (QED) is 0.577. The molecule has 9 heteroatoms. The highest BCUT2D eigenvalue weighted by Crippen LogP contribution is 2.35. The van der Waals surface area contributed by atoms with Gasteiger partial charge in [-0.15, -0.1) is 0 Å². The smallest absolute Gasteiger partial charge is 0.251 e. The first-order chi connectivity index (χ1) is 15.7. The van der Waals surface area contributed by atoms with Gasteiger partial charge < -0.3 is 19.5 Å². The van der Waals surface area contributed by atoms with Crippen LogP contribution in [-0.4, -0.2) is 54.3 Å². The van der Waals surface area contributed by atoms with Crippen LogP contribution in [0.4, 0.5) is 0 Å². The molecule has 0 bridgehead atoms. The SMILES string of the molecule is COc1ccc(C2(CNC(=O)c3ccc(OC)c(S(=O)(=O)NC(C)C)c3)CCOCC2)cc1.